The fourth-order valence-electron chi connectivity index (χ4n) is 5.25. The first-order valence-electron chi connectivity index (χ1n) is 11.9. The lowest BCUT2D eigenvalue weighted by Crippen LogP contribution is -2.50. The molecule has 3 atom stereocenters. The molecule has 0 spiro atoms. The monoisotopic (exact) mass is 480 g/mol. The van der Waals surface area contributed by atoms with E-state index in [2.05, 4.69) is 20.1 Å². The van der Waals surface area contributed by atoms with Crippen LogP contribution in [0.1, 0.15) is 22.6 Å². The standard InChI is InChI=1S/C26H32N4O3S/c1-16-5-4-6-17(2)26(16)28-25(32)14-30-12-19-9-20(30)11-29(19)13-21(31)15-33-22-7-8-24-23(10-22)27-18(3)34-24/h4-8,10,19-21,31H,9,11-15H2,1-3H3,(H,28,32)/t19-,20-,21+/m0/s1. The Morgan fingerprint density at radius 2 is 1.91 bits per heavy atom. The lowest BCUT2D eigenvalue weighted by molar-refractivity contribution is -0.118. The van der Waals surface area contributed by atoms with Crippen molar-refractivity contribution in [2.24, 2.45) is 0 Å². The summed E-state index contributed by atoms with van der Waals surface area (Å²) in [6.07, 6.45) is 0.484. The number of ether oxygens (including phenoxy) is 1. The SMILES string of the molecule is Cc1nc2cc(OC[C@H](O)CN3C[C@@H]4C[C@H]3CN4CC(=O)Nc3c(C)cccc3C)ccc2s1. The topological polar surface area (TPSA) is 77.9 Å². The highest BCUT2D eigenvalue weighted by atomic mass is 32.1. The van der Waals surface area contributed by atoms with Crippen LogP contribution >= 0.6 is 11.3 Å². The summed E-state index contributed by atoms with van der Waals surface area (Å²) < 4.78 is 6.99. The van der Waals surface area contributed by atoms with E-state index >= 15 is 0 Å². The maximum atomic E-state index is 12.7. The number of aliphatic hydroxyl groups is 1. The number of carbonyl (C=O) groups is 1. The van der Waals surface area contributed by atoms with Crippen LogP contribution in [0.3, 0.4) is 0 Å². The van der Waals surface area contributed by atoms with Crippen LogP contribution < -0.4 is 10.1 Å². The van der Waals surface area contributed by atoms with Gasteiger partial charge >= 0.3 is 0 Å². The maximum Gasteiger partial charge on any atom is 0.238 e. The number of benzene rings is 2. The fourth-order valence-corrected chi connectivity index (χ4v) is 6.06. The number of nitrogens with one attached hydrogen (secondary N) is 1. The summed E-state index contributed by atoms with van der Waals surface area (Å²) in [5, 5.41) is 14.7. The molecule has 5 rings (SSSR count). The first kappa shape index (κ1) is 23.2. The van der Waals surface area contributed by atoms with Gasteiger partial charge in [0.15, 0.2) is 0 Å². The molecule has 34 heavy (non-hydrogen) atoms. The predicted molar refractivity (Wildman–Crippen MR) is 136 cm³/mol. The summed E-state index contributed by atoms with van der Waals surface area (Å²) in [5.41, 5.74) is 4.03. The van der Waals surface area contributed by atoms with Crippen molar-refractivity contribution in [3.8, 4) is 5.75 Å². The van der Waals surface area contributed by atoms with Gasteiger partial charge < -0.3 is 15.2 Å². The number of hydrogen-bond acceptors (Lipinski definition) is 7. The number of hydrogen-bond donors (Lipinski definition) is 2. The highest BCUT2D eigenvalue weighted by Crippen LogP contribution is 2.31. The van der Waals surface area contributed by atoms with Crippen LogP contribution in [-0.4, -0.2) is 76.8 Å². The van der Waals surface area contributed by atoms with E-state index in [-0.39, 0.29) is 12.5 Å². The Balaban J connectivity index is 1.08. The fraction of sp³-hybridized carbons (Fsp3) is 0.462. The summed E-state index contributed by atoms with van der Waals surface area (Å²) in [6.45, 7) is 9.02. The number of amides is 1. The molecule has 8 heteroatoms. The molecule has 0 radical (unpaired) electrons. The van der Waals surface area contributed by atoms with Gasteiger partial charge in [-0.2, -0.15) is 0 Å². The molecule has 2 N–H and O–H groups in total. The first-order chi connectivity index (χ1) is 16.4. The number of nitrogens with zero attached hydrogens (tertiary/aromatic N) is 3. The number of carbonyl (C=O) groups excluding carboxylic acids is 1. The van der Waals surface area contributed by atoms with Crippen molar-refractivity contribution in [1.82, 2.24) is 14.8 Å². The number of fused-ring (bicyclic) bond motifs is 3. The van der Waals surface area contributed by atoms with Crippen molar-refractivity contribution >= 4 is 33.1 Å². The summed E-state index contributed by atoms with van der Waals surface area (Å²) in [7, 11) is 0. The second-order valence-corrected chi connectivity index (χ2v) is 10.8. The van der Waals surface area contributed by atoms with Gasteiger partial charge in [0, 0.05) is 43.5 Å². The molecule has 1 aromatic heterocycles. The third-order valence-corrected chi connectivity index (χ3v) is 7.87. The average Bonchev–Trinajstić information content (AvgIpc) is 3.47. The molecule has 0 aliphatic carbocycles. The number of thiazole rings is 1. The van der Waals surface area contributed by atoms with Gasteiger partial charge in [0.1, 0.15) is 18.5 Å². The van der Waals surface area contributed by atoms with E-state index in [0.717, 1.165) is 57.3 Å². The Labute approximate surface area is 204 Å². The van der Waals surface area contributed by atoms with Gasteiger partial charge in [0.25, 0.3) is 0 Å². The smallest absolute Gasteiger partial charge is 0.238 e. The zero-order valence-electron chi connectivity index (χ0n) is 20.0. The van der Waals surface area contributed by atoms with E-state index in [1.165, 1.54) is 0 Å². The average molecular weight is 481 g/mol. The number of piperazine rings is 1. The normalized spacial score (nSPS) is 21.3. The minimum absolute atomic E-state index is 0.0391. The number of para-hydroxylation sites is 1. The Morgan fingerprint density at radius 3 is 2.65 bits per heavy atom. The second-order valence-electron chi connectivity index (χ2n) is 9.57. The van der Waals surface area contributed by atoms with Crippen LogP contribution in [-0.2, 0) is 4.79 Å². The number of rotatable bonds is 8. The van der Waals surface area contributed by atoms with Crippen molar-refractivity contribution in [2.75, 3.05) is 38.1 Å². The third kappa shape index (κ3) is 4.95. The number of aromatic nitrogens is 1. The molecule has 2 saturated heterocycles. The van der Waals surface area contributed by atoms with Crippen molar-refractivity contribution in [3.63, 3.8) is 0 Å². The van der Waals surface area contributed by atoms with Crippen LogP contribution in [0, 0.1) is 20.8 Å². The Bertz CT molecular complexity index is 1180. The van der Waals surface area contributed by atoms with Crippen molar-refractivity contribution in [3.05, 3.63) is 52.5 Å². The molecule has 180 valence electrons. The molecule has 0 saturated carbocycles. The molecule has 1 amide bonds. The second kappa shape index (κ2) is 9.62. The summed E-state index contributed by atoms with van der Waals surface area (Å²) in [5.74, 6) is 0.776. The van der Waals surface area contributed by atoms with E-state index in [0.29, 0.717) is 25.2 Å². The number of likely N-dealkylation sites (tertiary alicyclic amines) is 2. The third-order valence-electron chi connectivity index (χ3n) is 6.91. The predicted octanol–water partition coefficient (Wildman–Crippen LogP) is 3.36. The minimum Gasteiger partial charge on any atom is -0.491 e. The molecule has 0 unspecified atom stereocenters. The van der Waals surface area contributed by atoms with E-state index in [1.54, 1.807) is 11.3 Å². The number of aliphatic hydroxyl groups excluding tert-OH is 1. The number of β-amino-alcohol motifs (C(OH)–C–C–N with tert-alkyl or cyclic N) is 1. The number of anilines is 1. The highest BCUT2D eigenvalue weighted by molar-refractivity contribution is 7.18. The lowest BCUT2D eigenvalue weighted by Gasteiger charge is -2.34. The van der Waals surface area contributed by atoms with Gasteiger partial charge in [0.05, 0.1) is 21.8 Å². The van der Waals surface area contributed by atoms with Crippen LogP contribution in [0.5, 0.6) is 5.75 Å². The Kier molecular flexibility index (Phi) is 6.57. The molecule has 2 aliphatic heterocycles. The van der Waals surface area contributed by atoms with Crippen LogP contribution in [0.25, 0.3) is 10.2 Å². The lowest BCUT2D eigenvalue weighted by atomic mass is 10.1. The first-order valence-corrected chi connectivity index (χ1v) is 12.7. The zero-order valence-corrected chi connectivity index (χ0v) is 20.8. The minimum atomic E-state index is -0.562. The van der Waals surface area contributed by atoms with Gasteiger partial charge in [0.2, 0.25) is 5.91 Å². The van der Waals surface area contributed by atoms with E-state index < -0.39 is 6.10 Å². The molecular formula is C26H32N4O3S. The maximum absolute atomic E-state index is 12.7. The largest absolute Gasteiger partial charge is 0.491 e. The summed E-state index contributed by atoms with van der Waals surface area (Å²) in [4.78, 5) is 21.8. The van der Waals surface area contributed by atoms with E-state index in [9.17, 15) is 9.90 Å². The van der Waals surface area contributed by atoms with Gasteiger partial charge in [-0.1, -0.05) is 18.2 Å². The van der Waals surface area contributed by atoms with Gasteiger partial charge in [-0.15, -0.1) is 11.3 Å². The van der Waals surface area contributed by atoms with Crippen molar-refractivity contribution in [2.45, 2.75) is 45.4 Å². The summed E-state index contributed by atoms with van der Waals surface area (Å²) >= 11 is 1.67. The van der Waals surface area contributed by atoms with E-state index in [4.69, 9.17) is 4.74 Å². The van der Waals surface area contributed by atoms with Crippen LogP contribution in [0.2, 0.25) is 0 Å². The molecular weight excluding hydrogens is 448 g/mol. The van der Waals surface area contributed by atoms with Gasteiger partial charge in [-0.25, -0.2) is 4.98 Å². The van der Waals surface area contributed by atoms with Crippen molar-refractivity contribution < 1.29 is 14.6 Å². The van der Waals surface area contributed by atoms with Gasteiger partial charge in [-0.3, -0.25) is 14.6 Å². The highest BCUT2D eigenvalue weighted by Gasteiger charge is 2.43. The molecule has 3 heterocycles. The van der Waals surface area contributed by atoms with E-state index in [1.807, 2.05) is 57.2 Å². The zero-order chi connectivity index (χ0) is 23.8. The molecule has 2 bridgehead atoms. The Morgan fingerprint density at radius 1 is 1.18 bits per heavy atom. The molecule has 2 aromatic carbocycles. The molecule has 3 aromatic rings. The van der Waals surface area contributed by atoms with Crippen molar-refractivity contribution in [1.29, 1.82) is 0 Å². The molecule has 2 fully saturated rings. The molecule has 2 aliphatic rings. The van der Waals surface area contributed by atoms with Gasteiger partial charge in [-0.05, 0) is 50.5 Å². The number of aryl methyl sites for hydroxylation is 3. The Hall–Kier alpha value is -2.52. The quantitative estimate of drug-likeness (QED) is 0.515. The van der Waals surface area contributed by atoms with Crippen LogP contribution in [0.4, 0.5) is 5.69 Å². The molecule has 7 nitrogen and oxygen atoms in total. The summed E-state index contributed by atoms with van der Waals surface area (Å²) in [6, 6.07) is 12.7. The van der Waals surface area contributed by atoms with Crippen LogP contribution in [0.15, 0.2) is 36.4 Å².